The molecule has 0 aliphatic carbocycles. The van der Waals surface area contributed by atoms with E-state index >= 15 is 0 Å². The maximum atomic E-state index is 6.13. The third kappa shape index (κ3) is 1.68. The van der Waals surface area contributed by atoms with E-state index in [9.17, 15) is 0 Å². The second kappa shape index (κ2) is 3.81. The third-order valence-electron chi connectivity index (χ3n) is 2.24. The first-order valence-corrected chi connectivity index (χ1v) is 6.21. The number of thioether (sulfide) groups is 1. The minimum absolute atomic E-state index is 0.275. The van der Waals surface area contributed by atoms with Crippen LogP contribution in [0.1, 0.15) is 23.8 Å². The van der Waals surface area contributed by atoms with Gasteiger partial charge in [-0.15, -0.1) is 11.3 Å². The first kappa shape index (κ1) is 8.60. The van der Waals surface area contributed by atoms with E-state index in [0.29, 0.717) is 5.25 Å². The summed E-state index contributed by atoms with van der Waals surface area (Å²) in [5.74, 6) is 1.30. The molecule has 2 N–H and O–H groups in total. The fourth-order valence-corrected chi connectivity index (χ4v) is 3.75. The summed E-state index contributed by atoms with van der Waals surface area (Å²) >= 11 is 3.81. The molecule has 1 aromatic rings. The average Bonchev–Trinajstić information content (AvgIpc) is 2.77. The Morgan fingerprint density at radius 1 is 1.58 bits per heavy atom. The lowest BCUT2D eigenvalue weighted by atomic mass is 10.1. The second-order valence-corrected chi connectivity index (χ2v) is 5.42. The van der Waals surface area contributed by atoms with E-state index < -0.39 is 0 Å². The van der Waals surface area contributed by atoms with Crippen LogP contribution in [-0.2, 0) is 0 Å². The summed E-state index contributed by atoms with van der Waals surface area (Å²) in [5.41, 5.74) is 6.13. The van der Waals surface area contributed by atoms with Gasteiger partial charge in [0.1, 0.15) is 0 Å². The summed E-state index contributed by atoms with van der Waals surface area (Å²) in [5, 5.41) is 2.78. The first-order chi connectivity index (χ1) is 5.88. The highest BCUT2D eigenvalue weighted by Crippen LogP contribution is 2.35. The van der Waals surface area contributed by atoms with Gasteiger partial charge < -0.3 is 5.73 Å². The van der Waals surface area contributed by atoms with Gasteiger partial charge in [0, 0.05) is 10.1 Å². The molecule has 1 saturated heterocycles. The SMILES string of the molecule is NC(c1cccs1)C1CCCS1. The Morgan fingerprint density at radius 2 is 2.50 bits per heavy atom. The smallest absolute Gasteiger partial charge is 0.0510 e. The number of nitrogens with two attached hydrogens (primary N) is 1. The van der Waals surface area contributed by atoms with Crippen molar-refractivity contribution >= 4 is 23.1 Å². The molecule has 3 heteroatoms. The van der Waals surface area contributed by atoms with Crippen LogP contribution in [-0.4, -0.2) is 11.0 Å². The van der Waals surface area contributed by atoms with Crippen LogP contribution >= 0.6 is 23.1 Å². The van der Waals surface area contributed by atoms with Crippen molar-refractivity contribution in [2.24, 2.45) is 5.73 Å². The van der Waals surface area contributed by atoms with Gasteiger partial charge in [0.05, 0.1) is 6.04 Å². The van der Waals surface area contributed by atoms with Crippen LogP contribution in [0, 0.1) is 0 Å². The molecule has 0 spiro atoms. The summed E-state index contributed by atoms with van der Waals surface area (Å²) in [4.78, 5) is 1.34. The van der Waals surface area contributed by atoms with Crippen molar-refractivity contribution in [1.82, 2.24) is 0 Å². The van der Waals surface area contributed by atoms with Crippen LogP contribution in [0.3, 0.4) is 0 Å². The quantitative estimate of drug-likeness (QED) is 0.792. The van der Waals surface area contributed by atoms with E-state index in [1.807, 2.05) is 11.8 Å². The van der Waals surface area contributed by atoms with Gasteiger partial charge >= 0.3 is 0 Å². The second-order valence-electron chi connectivity index (χ2n) is 3.09. The van der Waals surface area contributed by atoms with Gasteiger partial charge in [-0.1, -0.05) is 6.07 Å². The van der Waals surface area contributed by atoms with Crippen LogP contribution in [0.5, 0.6) is 0 Å². The van der Waals surface area contributed by atoms with Crippen molar-refractivity contribution in [3.05, 3.63) is 22.4 Å². The lowest BCUT2D eigenvalue weighted by Gasteiger charge is -2.15. The highest BCUT2D eigenvalue weighted by atomic mass is 32.2. The molecule has 1 nitrogen and oxygen atoms in total. The van der Waals surface area contributed by atoms with Crippen molar-refractivity contribution in [2.75, 3.05) is 5.75 Å². The lowest BCUT2D eigenvalue weighted by molar-refractivity contribution is 0.655. The van der Waals surface area contributed by atoms with Gasteiger partial charge in [-0.3, -0.25) is 0 Å². The molecule has 2 atom stereocenters. The van der Waals surface area contributed by atoms with E-state index in [1.165, 1.54) is 23.5 Å². The van der Waals surface area contributed by atoms with Gasteiger partial charge in [0.15, 0.2) is 0 Å². The zero-order valence-electron chi connectivity index (χ0n) is 6.90. The molecule has 2 rings (SSSR count). The average molecular weight is 199 g/mol. The molecule has 0 radical (unpaired) electrons. The van der Waals surface area contributed by atoms with Crippen LogP contribution in [0.4, 0.5) is 0 Å². The molecule has 0 aromatic carbocycles. The zero-order chi connectivity index (χ0) is 8.39. The molecule has 66 valence electrons. The minimum Gasteiger partial charge on any atom is -0.322 e. The van der Waals surface area contributed by atoms with Crippen molar-refractivity contribution < 1.29 is 0 Å². The van der Waals surface area contributed by atoms with E-state index in [-0.39, 0.29) is 6.04 Å². The number of hydrogen-bond acceptors (Lipinski definition) is 3. The largest absolute Gasteiger partial charge is 0.322 e. The molecule has 2 heterocycles. The van der Waals surface area contributed by atoms with E-state index in [2.05, 4.69) is 17.5 Å². The van der Waals surface area contributed by atoms with Crippen LogP contribution in [0.2, 0.25) is 0 Å². The Kier molecular flexibility index (Phi) is 2.73. The van der Waals surface area contributed by atoms with Gasteiger partial charge in [-0.2, -0.15) is 11.8 Å². The summed E-state index contributed by atoms with van der Waals surface area (Å²) in [7, 11) is 0. The normalized spacial score (nSPS) is 25.9. The molecule has 1 aliphatic rings. The Balaban J connectivity index is 2.04. The molecular formula is C9H13NS2. The molecule has 12 heavy (non-hydrogen) atoms. The fraction of sp³-hybridized carbons (Fsp3) is 0.556. The molecule has 2 unspecified atom stereocenters. The summed E-state index contributed by atoms with van der Waals surface area (Å²) < 4.78 is 0. The van der Waals surface area contributed by atoms with Crippen LogP contribution < -0.4 is 5.73 Å². The van der Waals surface area contributed by atoms with Gasteiger partial charge in [-0.25, -0.2) is 0 Å². The predicted molar refractivity (Wildman–Crippen MR) is 56.7 cm³/mol. The topological polar surface area (TPSA) is 26.0 Å². The van der Waals surface area contributed by atoms with Crippen molar-refractivity contribution in [3.8, 4) is 0 Å². The summed E-state index contributed by atoms with van der Waals surface area (Å²) in [6.45, 7) is 0. The van der Waals surface area contributed by atoms with Gasteiger partial charge in [0.25, 0.3) is 0 Å². The molecule has 1 aromatic heterocycles. The molecule has 1 fully saturated rings. The van der Waals surface area contributed by atoms with Crippen molar-refractivity contribution in [3.63, 3.8) is 0 Å². The van der Waals surface area contributed by atoms with Gasteiger partial charge in [0.2, 0.25) is 0 Å². The van der Waals surface area contributed by atoms with Crippen molar-refractivity contribution in [1.29, 1.82) is 0 Å². The Labute approximate surface area is 81.4 Å². The highest BCUT2D eigenvalue weighted by molar-refractivity contribution is 8.00. The first-order valence-electron chi connectivity index (χ1n) is 4.28. The van der Waals surface area contributed by atoms with Gasteiger partial charge in [-0.05, 0) is 30.0 Å². The van der Waals surface area contributed by atoms with Crippen LogP contribution in [0.15, 0.2) is 17.5 Å². The molecule has 0 bridgehead atoms. The maximum Gasteiger partial charge on any atom is 0.0510 e. The number of hydrogen-bond donors (Lipinski definition) is 1. The number of rotatable bonds is 2. The third-order valence-corrected chi connectivity index (χ3v) is 4.69. The Hall–Kier alpha value is 0.01000. The molecule has 1 aliphatic heterocycles. The Morgan fingerprint density at radius 3 is 3.08 bits per heavy atom. The monoisotopic (exact) mass is 199 g/mol. The lowest BCUT2D eigenvalue weighted by Crippen LogP contribution is -2.20. The molecule has 0 saturated carbocycles. The standard InChI is InChI=1S/C9H13NS2/c10-9(7-3-1-5-11-7)8-4-2-6-12-8/h1,3,5,8-9H,2,4,6,10H2. The molecule has 0 amide bonds. The highest BCUT2D eigenvalue weighted by Gasteiger charge is 2.24. The van der Waals surface area contributed by atoms with E-state index in [4.69, 9.17) is 5.73 Å². The predicted octanol–water partition coefficient (Wildman–Crippen LogP) is 2.64. The number of thiophene rings is 1. The maximum absolute atomic E-state index is 6.13. The Bertz CT molecular complexity index is 227. The van der Waals surface area contributed by atoms with E-state index in [1.54, 1.807) is 11.3 Å². The van der Waals surface area contributed by atoms with Crippen LogP contribution in [0.25, 0.3) is 0 Å². The fourth-order valence-electron chi connectivity index (χ4n) is 1.55. The molecular weight excluding hydrogens is 186 g/mol. The minimum atomic E-state index is 0.275. The summed E-state index contributed by atoms with van der Waals surface area (Å²) in [6.07, 6.45) is 2.64. The van der Waals surface area contributed by atoms with E-state index in [0.717, 1.165) is 0 Å². The summed E-state index contributed by atoms with van der Waals surface area (Å²) in [6, 6.07) is 4.51. The zero-order valence-corrected chi connectivity index (χ0v) is 8.53. The van der Waals surface area contributed by atoms with Crippen molar-refractivity contribution in [2.45, 2.75) is 24.1 Å².